The fraction of sp³-hybridized carbons (Fsp3) is 0.600. The van der Waals surface area contributed by atoms with E-state index in [-0.39, 0.29) is 18.2 Å². The standard InChI is InChI=1S/C10H16BrN3O2/c1-7(2)14(4-3-5-15)9-8(11)10(16)13-6-12-9/h6-7,15H,3-5H2,1-2H3,(H,12,13,16). The van der Waals surface area contributed by atoms with Crippen LogP contribution in [0.25, 0.3) is 0 Å². The monoisotopic (exact) mass is 289 g/mol. The Labute approximate surface area is 103 Å². The number of aromatic nitrogens is 2. The molecule has 6 heteroatoms. The van der Waals surface area contributed by atoms with Crippen LogP contribution in [-0.4, -0.2) is 34.3 Å². The summed E-state index contributed by atoms with van der Waals surface area (Å²) in [6.07, 6.45) is 2.04. The molecule has 0 atom stereocenters. The van der Waals surface area contributed by atoms with Crippen LogP contribution in [0.5, 0.6) is 0 Å². The van der Waals surface area contributed by atoms with Crippen LogP contribution in [0, 0.1) is 0 Å². The van der Waals surface area contributed by atoms with Crippen molar-refractivity contribution in [2.45, 2.75) is 26.3 Å². The number of aliphatic hydroxyl groups excluding tert-OH is 1. The molecule has 0 aromatic carbocycles. The molecule has 0 aliphatic carbocycles. The lowest BCUT2D eigenvalue weighted by atomic mass is 10.3. The normalized spacial score (nSPS) is 10.8. The summed E-state index contributed by atoms with van der Waals surface area (Å²) >= 11 is 3.23. The zero-order valence-corrected chi connectivity index (χ0v) is 11.0. The lowest BCUT2D eigenvalue weighted by molar-refractivity contribution is 0.288. The topological polar surface area (TPSA) is 69.2 Å². The molecule has 0 amide bonds. The SMILES string of the molecule is CC(C)N(CCCO)c1nc[nH]c(=O)c1Br. The average Bonchev–Trinajstić information content (AvgIpc) is 2.24. The third-order valence-corrected chi connectivity index (χ3v) is 2.95. The van der Waals surface area contributed by atoms with Crippen LogP contribution >= 0.6 is 15.9 Å². The van der Waals surface area contributed by atoms with Crippen molar-refractivity contribution in [1.82, 2.24) is 9.97 Å². The molecule has 16 heavy (non-hydrogen) atoms. The summed E-state index contributed by atoms with van der Waals surface area (Å²) in [6.45, 7) is 4.84. The summed E-state index contributed by atoms with van der Waals surface area (Å²) in [5.74, 6) is 0.618. The van der Waals surface area contributed by atoms with E-state index in [0.717, 1.165) is 0 Å². The van der Waals surface area contributed by atoms with Gasteiger partial charge >= 0.3 is 0 Å². The average molecular weight is 290 g/mol. The van der Waals surface area contributed by atoms with Crippen LogP contribution in [0.4, 0.5) is 5.82 Å². The highest BCUT2D eigenvalue weighted by atomic mass is 79.9. The molecule has 1 heterocycles. The first kappa shape index (κ1) is 13.2. The van der Waals surface area contributed by atoms with Crippen molar-refractivity contribution < 1.29 is 5.11 Å². The Bertz CT molecular complexity index is 392. The van der Waals surface area contributed by atoms with Crippen LogP contribution in [0.1, 0.15) is 20.3 Å². The van der Waals surface area contributed by atoms with E-state index in [1.807, 2.05) is 18.7 Å². The smallest absolute Gasteiger partial charge is 0.267 e. The van der Waals surface area contributed by atoms with Crippen LogP contribution in [-0.2, 0) is 0 Å². The van der Waals surface area contributed by atoms with Crippen LogP contribution in [0.2, 0.25) is 0 Å². The van der Waals surface area contributed by atoms with E-state index in [1.54, 1.807) is 0 Å². The Kier molecular flexibility index (Phi) is 4.95. The van der Waals surface area contributed by atoms with E-state index in [1.165, 1.54) is 6.33 Å². The highest BCUT2D eigenvalue weighted by molar-refractivity contribution is 9.10. The lowest BCUT2D eigenvalue weighted by Crippen LogP contribution is -2.34. The van der Waals surface area contributed by atoms with Gasteiger partial charge in [0.1, 0.15) is 4.47 Å². The summed E-state index contributed by atoms with van der Waals surface area (Å²) < 4.78 is 0.432. The van der Waals surface area contributed by atoms with E-state index in [4.69, 9.17) is 5.11 Å². The number of halogens is 1. The number of hydrogen-bond acceptors (Lipinski definition) is 4. The molecule has 0 saturated carbocycles. The molecule has 0 saturated heterocycles. The van der Waals surface area contributed by atoms with E-state index < -0.39 is 0 Å². The molecule has 0 unspecified atom stereocenters. The Hall–Kier alpha value is -0.880. The molecular weight excluding hydrogens is 274 g/mol. The molecule has 0 bridgehead atoms. The van der Waals surface area contributed by atoms with Gasteiger partial charge in [0.15, 0.2) is 5.82 Å². The van der Waals surface area contributed by atoms with E-state index >= 15 is 0 Å². The van der Waals surface area contributed by atoms with Gasteiger partial charge in [0, 0.05) is 19.2 Å². The van der Waals surface area contributed by atoms with Gasteiger partial charge in [-0.2, -0.15) is 0 Å². The molecule has 0 radical (unpaired) electrons. The maximum Gasteiger partial charge on any atom is 0.267 e. The minimum Gasteiger partial charge on any atom is -0.396 e. The Morgan fingerprint density at radius 1 is 1.62 bits per heavy atom. The van der Waals surface area contributed by atoms with Crippen molar-refractivity contribution in [3.8, 4) is 0 Å². The summed E-state index contributed by atoms with van der Waals surface area (Å²) in [7, 11) is 0. The minimum absolute atomic E-state index is 0.129. The summed E-state index contributed by atoms with van der Waals surface area (Å²) in [6, 6.07) is 0.220. The molecule has 0 spiro atoms. The fourth-order valence-corrected chi connectivity index (χ4v) is 1.87. The summed E-state index contributed by atoms with van der Waals surface area (Å²) in [5, 5.41) is 8.84. The highest BCUT2D eigenvalue weighted by Crippen LogP contribution is 2.21. The predicted molar refractivity (Wildman–Crippen MR) is 66.7 cm³/mol. The van der Waals surface area contributed by atoms with Crippen LogP contribution in [0.3, 0.4) is 0 Å². The molecule has 5 nitrogen and oxygen atoms in total. The van der Waals surface area contributed by atoms with Gasteiger partial charge in [0.25, 0.3) is 5.56 Å². The maximum absolute atomic E-state index is 11.4. The number of rotatable bonds is 5. The zero-order chi connectivity index (χ0) is 12.1. The fourth-order valence-electron chi connectivity index (χ4n) is 1.42. The first-order valence-electron chi connectivity index (χ1n) is 5.18. The van der Waals surface area contributed by atoms with Crippen molar-refractivity contribution >= 4 is 21.7 Å². The number of nitrogens with zero attached hydrogens (tertiary/aromatic N) is 2. The van der Waals surface area contributed by atoms with Gasteiger partial charge in [0.2, 0.25) is 0 Å². The molecule has 1 aromatic rings. The van der Waals surface area contributed by atoms with Gasteiger partial charge in [-0.15, -0.1) is 0 Å². The van der Waals surface area contributed by atoms with Gasteiger partial charge in [-0.25, -0.2) is 4.98 Å². The number of hydrogen-bond donors (Lipinski definition) is 2. The quantitative estimate of drug-likeness (QED) is 0.853. The van der Waals surface area contributed by atoms with E-state index in [0.29, 0.717) is 23.3 Å². The molecule has 90 valence electrons. The van der Waals surface area contributed by atoms with Crippen molar-refractivity contribution in [3.05, 3.63) is 21.2 Å². The van der Waals surface area contributed by atoms with Gasteiger partial charge in [-0.05, 0) is 36.2 Å². The highest BCUT2D eigenvalue weighted by Gasteiger charge is 2.16. The van der Waals surface area contributed by atoms with E-state index in [2.05, 4.69) is 25.9 Å². The maximum atomic E-state index is 11.4. The van der Waals surface area contributed by atoms with E-state index in [9.17, 15) is 4.79 Å². The van der Waals surface area contributed by atoms with Crippen molar-refractivity contribution in [2.24, 2.45) is 0 Å². The second-order valence-corrected chi connectivity index (χ2v) is 4.53. The molecule has 0 aliphatic heterocycles. The third-order valence-electron chi connectivity index (χ3n) is 2.23. The molecule has 0 fully saturated rings. The van der Waals surface area contributed by atoms with Gasteiger partial charge < -0.3 is 15.0 Å². The second-order valence-electron chi connectivity index (χ2n) is 3.73. The second kappa shape index (κ2) is 6.00. The number of anilines is 1. The number of aromatic amines is 1. The van der Waals surface area contributed by atoms with Gasteiger partial charge in [-0.1, -0.05) is 0 Å². The number of nitrogens with one attached hydrogen (secondary N) is 1. The van der Waals surface area contributed by atoms with Gasteiger partial charge in [-0.3, -0.25) is 4.79 Å². The Morgan fingerprint density at radius 2 is 2.31 bits per heavy atom. The number of H-pyrrole nitrogens is 1. The third kappa shape index (κ3) is 3.05. The summed E-state index contributed by atoms with van der Waals surface area (Å²) in [4.78, 5) is 20.1. The van der Waals surface area contributed by atoms with Crippen molar-refractivity contribution in [3.63, 3.8) is 0 Å². The van der Waals surface area contributed by atoms with Crippen LogP contribution in [0.15, 0.2) is 15.6 Å². The molecule has 2 N–H and O–H groups in total. The molecule has 0 aliphatic rings. The number of aliphatic hydroxyl groups is 1. The molecule has 1 rings (SSSR count). The first-order chi connectivity index (χ1) is 7.57. The zero-order valence-electron chi connectivity index (χ0n) is 9.40. The predicted octanol–water partition coefficient (Wildman–Crippen LogP) is 1.13. The molecular formula is C10H16BrN3O2. The lowest BCUT2D eigenvalue weighted by Gasteiger charge is -2.28. The molecule has 1 aromatic heterocycles. The Morgan fingerprint density at radius 3 is 2.88 bits per heavy atom. The largest absolute Gasteiger partial charge is 0.396 e. The van der Waals surface area contributed by atoms with Gasteiger partial charge in [0.05, 0.1) is 6.33 Å². The Balaban J connectivity index is 3.01. The minimum atomic E-state index is -0.195. The van der Waals surface area contributed by atoms with Crippen molar-refractivity contribution in [2.75, 3.05) is 18.1 Å². The van der Waals surface area contributed by atoms with Crippen LogP contribution < -0.4 is 10.5 Å². The van der Waals surface area contributed by atoms with Crippen molar-refractivity contribution in [1.29, 1.82) is 0 Å². The summed E-state index contributed by atoms with van der Waals surface area (Å²) in [5.41, 5.74) is -0.195. The first-order valence-corrected chi connectivity index (χ1v) is 5.98.